The summed E-state index contributed by atoms with van der Waals surface area (Å²) in [6.45, 7) is 8.96. The van der Waals surface area contributed by atoms with E-state index >= 15 is 0 Å². The zero-order valence-electron chi connectivity index (χ0n) is 9.66. The van der Waals surface area contributed by atoms with Crippen LogP contribution in [0.1, 0.15) is 12.5 Å². The summed E-state index contributed by atoms with van der Waals surface area (Å²) in [4.78, 5) is 2.48. The third kappa shape index (κ3) is 2.72. The molecule has 2 nitrogen and oxygen atoms in total. The molecule has 0 spiro atoms. The first-order chi connectivity index (χ1) is 7.25. The van der Waals surface area contributed by atoms with Gasteiger partial charge in [-0.3, -0.25) is 0 Å². The summed E-state index contributed by atoms with van der Waals surface area (Å²) in [5.74, 6) is 0.730. The summed E-state index contributed by atoms with van der Waals surface area (Å²) in [5.41, 5.74) is 2.69. The smallest absolute Gasteiger partial charge is 0.0366 e. The molecular formula is C13H20N2. The Hall–Kier alpha value is -1.02. The second-order valence-corrected chi connectivity index (χ2v) is 4.59. The molecule has 2 heteroatoms. The van der Waals surface area contributed by atoms with Crippen molar-refractivity contribution in [3.8, 4) is 0 Å². The van der Waals surface area contributed by atoms with Crippen LogP contribution >= 0.6 is 0 Å². The first kappa shape index (κ1) is 10.5. The minimum Gasteiger partial charge on any atom is -0.370 e. The number of anilines is 1. The summed E-state index contributed by atoms with van der Waals surface area (Å²) in [6, 6.07) is 8.84. The molecule has 1 aromatic carbocycles. The van der Waals surface area contributed by atoms with Crippen molar-refractivity contribution in [1.82, 2.24) is 5.32 Å². The fourth-order valence-corrected chi connectivity index (χ4v) is 2.08. The van der Waals surface area contributed by atoms with Gasteiger partial charge >= 0.3 is 0 Å². The molecule has 15 heavy (non-hydrogen) atoms. The molecule has 1 aromatic rings. The van der Waals surface area contributed by atoms with Crippen LogP contribution in [0.15, 0.2) is 24.3 Å². The number of rotatable bonds is 1. The van der Waals surface area contributed by atoms with Crippen LogP contribution in [-0.2, 0) is 0 Å². The fourth-order valence-electron chi connectivity index (χ4n) is 2.08. The maximum absolute atomic E-state index is 3.47. The number of nitrogens with one attached hydrogen (secondary N) is 1. The van der Waals surface area contributed by atoms with E-state index < -0.39 is 0 Å². The molecule has 82 valence electrons. The summed E-state index contributed by atoms with van der Waals surface area (Å²) < 4.78 is 0. The third-order valence-electron chi connectivity index (χ3n) is 2.98. The molecule has 1 heterocycles. The number of benzene rings is 1. The maximum Gasteiger partial charge on any atom is 0.0366 e. The van der Waals surface area contributed by atoms with Crippen LogP contribution < -0.4 is 10.2 Å². The lowest BCUT2D eigenvalue weighted by Crippen LogP contribution is -2.29. The fraction of sp³-hybridized carbons (Fsp3) is 0.538. The van der Waals surface area contributed by atoms with Gasteiger partial charge in [0.05, 0.1) is 0 Å². The molecule has 0 saturated carbocycles. The zero-order valence-corrected chi connectivity index (χ0v) is 9.66. The predicted octanol–water partition coefficient (Wildman–Crippen LogP) is 2.04. The Kier molecular flexibility index (Phi) is 3.27. The molecule has 0 bridgehead atoms. The highest BCUT2D eigenvalue weighted by Crippen LogP contribution is 2.17. The van der Waals surface area contributed by atoms with Crippen LogP contribution in [-0.4, -0.2) is 26.2 Å². The van der Waals surface area contributed by atoms with Crippen molar-refractivity contribution in [2.24, 2.45) is 5.92 Å². The molecule has 1 saturated heterocycles. The van der Waals surface area contributed by atoms with Gasteiger partial charge in [-0.25, -0.2) is 0 Å². The quantitative estimate of drug-likeness (QED) is 0.753. The molecule has 1 aliphatic heterocycles. The second kappa shape index (κ2) is 4.67. The summed E-state index contributed by atoms with van der Waals surface area (Å²) in [5, 5.41) is 3.47. The second-order valence-electron chi connectivity index (χ2n) is 4.59. The summed E-state index contributed by atoms with van der Waals surface area (Å²) in [7, 11) is 0. The molecule has 0 amide bonds. The molecule has 1 unspecified atom stereocenters. The summed E-state index contributed by atoms with van der Waals surface area (Å²) >= 11 is 0. The van der Waals surface area contributed by atoms with E-state index in [2.05, 4.69) is 48.3 Å². The monoisotopic (exact) mass is 204 g/mol. The molecule has 1 atom stereocenters. The summed E-state index contributed by atoms with van der Waals surface area (Å²) in [6.07, 6.45) is 0. The number of hydrogen-bond acceptors (Lipinski definition) is 2. The lowest BCUT2D eigenvalue weighted by Gasteiger charge is -2.24. The van der Waals surface area contributed by atoms with E-state index in [1.165, 1.54) is 11.3 Å². The van der Waals surface area contributed by atoms with Gasteiger partial charge in [0.1, 0.15) is 0 Å². The van der Waals surface area contributed by atoms with Crippen molar-refractivity contribution in [2.75, 3.05) is 31.1 Å². The van der Waals surface area contributed by atoms with Crippen molar-refractivity contribution in [1.29, 1.82) is 0 Å². The Morgan fingerprint density at radius 1 is 1.27 bits per heavy atom. The largest absolute Gasteiger partial charge is 0.370 e. The predicted molar refractivity (Wildman–Crippen MR) is 65.4 cm³/mol. The normalized spacial score (nSPS) is 22.5. The van der Waals surface area contributed by atoms with Gasteiger partial charge < -0.3 is 10.2 Å². The number of aryl methyl sites for hydroxylation is 1. The highest BCUT2D eigenvalue weighted by Gasteiger charge is 2.14. The van der Waals surface area contributed by atoms with Crippen molar-refractivity contribution in [2.45, 2.75) is 13.8 Å². The maximum atomic E-state index is 3.47. The Morgan fingerprint density at radius 3 is 2.73 bits per heavy atom. The molecule has 0 radical (unpaired) electrons. The van der Waals surface area contributed by atoms with Crippen molar-refractivity contribution in [3.63, 3.8) is 0 Å². The standard InChI is InChI=1S/C13H20N2/c1-11-3-5-13(6-4-11)15-8-7-14-9-12(2)10-15/h3-6,12,14H,7-10H2,1-2H3. The van der Waals surface area contributed by atoms with E-state index in [1.807, 2.05) is 0 Å². The lowest BCUT2D eigenvalue weighted by molar-refractivity contribution is 0.564. The topological polar surface area (TPSA) is 15.3 Å². The zero-order chi connectivity index (χ0) is 10.7. The lowest BCUT2D eigenvalue weighted by atomic mass is 10.1. The van der Waals surface area contributed by atoms with Crippen molar-refractivity contribution < 1.29 is 0 Å². The molecule has 1 N–H and O–H groups in total. The Labute approximate surface area is 92.3 Å². The van der Waals surface area contributed by atoms with Gasteiger partial charge in [0, 0.05) is 25.3 Å². The van der Waals surface area contributed by atoms with E-state index in [1.54, 1.807) is 0 Å². The molecule has 0 aliphatic carbocycles. The van der Waals surface area contributed by atoms with Gasteiger partial charge in [0.2, 0.25) is 0 Å². The average molecular weight is 204 g/mol. The van der Waals surface area contributed by atoms with Crippen LogP contribution in [0.5, 0.6) is 0 Å². The highest BCUT2D eigenvalue weighted by molar-refractivity contribution is 5.47. The van der Waals surface area contributed by atoms with E-state index in [0.29, 0.717) is 0 Å². The van der Waals surface area contributed by atoms with Crippen LogP contribution in [0.3, 0.4) is 0 Å². The molecule has 1 fully saturated rings. The SMILES string of the molecule is Cc1ccc(N2CCNCC(C)C2)cc1. The molecule has 1 aliphatic rings. The minimum absolute atomic E-state index is 0.730. The highest BCUT2D eigenvalue weighted by atomic mass is 15.2. The van der Waals surface area contributed by atoms with Gasteiger partial charge in [0.15, 0.2) is 0 Å². The number of nitrogens with zero attached hydrogens (tertiary/aromatic N) is 1. The molecule has 2 rings (SSSR count). The van der Waals surface area contributed by atoms with Gasteiger partial charge in [-0.1, -0.05) is 24.6 Å². The van der Waals surface area contributed by atoms with Gasteiger partial charge in [-0.15, -0.1) is 0 Å². The van der Waals surface area contributed by atoms with Gasteiger partial charge in [-0.2, -0.15) is 0 Å². The Bertz CT molecular complexity index is 305. The van der Waals surface area contributed by atoms with Crippen LogP contribution in [0, 0.1) is 12.8 Å². The first-order valence-corrected chi connectivity index (χ1v) is 5.78. The molecule has 0 aromatic heterocycles. The molecular weight excluding hydrogens is 184 g/mol. The van der Waals surface area contributed by atoms with E-state index in [0.717, 1.165) is 32.1 Å². The van der Waals surface area contributed by atoms with Crippen molar-refractivity contribution in [3.05, 3.63) is 29.8 Å². The van der Waals surface area contributed by atoms with E-state index in [-0.39, 0.29) is 0 Å². The van der Waals surface area contributed by atoms with Gasteiger partial charge in [-0.05, 0) is 31.5 Å². The van der Waals surface area contributed by atoms with Crippen LogP contribution in [0.2, 0.25) is 0 Å². The average Bonchev–Trinajstić information content (AvgIpc) is 2.44. The van der Waals surface area contributed by atoms with Gasteiger partial charge in [0.25, 0.3) is 0 Å². The first-order valence-electron chi connectivity index (χ1n) is 5.78. The Balaban J connectivity index is 2.11. The van der Waals surface area contributed by atoms with Crippen LogP contribution in [0.25, 0.3) is 0 Å². The van der Waals surface area contributed by atoms with E-state index in [9.17, 15) is 0 Å². The van der Waals surface area contributed by atoms with E-state index in [4.69, 9.17) is 0 Å². The minimum atomic E-state index is 0.730. The Morgan fingerprint density at radius 2 is 2.00 bits per heavy atom. The third-order valence-corrected chi connectivity index (χ3v) is 2.98. The van der Waals surface area contributed by atoms with Crippen LogP contribution in [0.4, 0.5) is 5.69 Å². The van der Waals surface area contributed by atoms with Crippen molar-refractivity contribution >= 4 is 5.69 Å². The number of hydrogen-bond donors (Lipinski definition) is 1.